The predicted octanol–water partition coefficient (Wildman–Crippen LogP) is 4.59. The first-order valence-electron chi connectivity index (χ1n) is 11.7. The summed E-state index contributed by atoms with van der Waals surface area (Å²) in [5, 5.41) is 3.40. The van der Waals surface area contributed by atoms with Crippen molar-refractivity contribution in [3.63, 3.8) is 0 Å². The number of nitrogen functional groups attached to an aromatic ring is 1. The van der Waals surface area contributed by atoms with Crippen molar-refractivity contribution in [1.82, 2.24) is 15.0 Å². The number of nitrogens with two attached hydrogens (primary N) is 1. The minimum absolute atomic E-state index is 0.376. The lowest BCUT2D eigenvalue weighted by atomic mass is 10.1. The zero-order valence-corrected chi connectivity index (χ0v) is 22.3. The van der Waals surface area contributed by atoms with Crippen molar-refractivity contribution in [3.05, 3.63) is 54.4 Å². The maximum absolute atomic E-state index is 12.0. The summed E-state index contributed by atoms with van der Waals surface area (Å²) in [6, 6.07) is 13.2. The van der Waals surface area contributed by atoms with Gasteiger partial charge in [0.1, 0.15) is 17.1 Å². The third kappa shape index (κ3) is 6.62. The number of aryl methyl sites for hydroxylation is 2. The van der Waals surface area contributed by atoms with Crippen molar-refractivity contribution in [3.8, 4) is 11.5 Å². The zero-order chi connectivity index (χ0) is 26.6. The molecule has 0 atom stereocenters. The number of benzene rings is 2. The van der Waals surface area contributed by atoms with Crippen molar-refractivity contribution in [2.75, 3.05) is 25.3 Å². The highest BCUT2D eigenvalue weighted by Crippen LogP contribution is 2.36. The van der Waals surface area contributed by atoms with Gasteiger partial charge in [0.25, 0.3) is 5.65 Å². The molecular formula is C26H31N6O4S+. The molecule has 194 valence electrons. The highest BCUT2D eigenvalue weighted by Gasteiger charge is 2.21. The molecule has 0 aliphatic rings. The first-order valence-corrected chi connectivity index (χ1v) is 12.5. The van der Waals surface area contributed by atoms with Crippen molar-refractivity contribution >= 4 is 40.5 Å². The number of amides is 1. The Kier molecular flexibility index (Phi) is 7.72. The molecule has 0 saturated heterocycles. The van der Waals surface area contributed by atoms with E-state index in [4.69, 9.17) is 24.9 Å². The van der Waals surface area contributed by atoms with Gasteiger partial charge in [0.15, 0.2) is 5.52 Å². The van der Waals surface area contributed by atoms with Crippen molar-refractivity contribution in [2.24, 2.45) is 0 Å². The van der Waals surface area contributed by atoms with Crippen LogP contribution in [0.3, 0.4) is 0 Å². The molecule has 0 saturated carbocycles. The average molecular weight is 524 g/mol. The lowest BCUT2D eigenvalue weighted by molar-refractivity contribution is -0.675. The Bertz CT molecular complexity index is 1400. The van der Waals surface area contributed by atoms with E-state index in [9.17, 15) is 4.79 Å². The molecule has 37 heavy (non-hydrogen) atoms. The Labute approximate surface area is 219 Å². The fourth-order valence-corrected chi connectivity index (χ4v) is 4.51. The maximum Gasteiger partial charge on any atom is 0.412 e. The number of aromatic nitrogens is 4. The Hall–Kier alpha value is -3.99. The average Bonchev–Trinajstić information content (AvgIpc) is 3.28. The molecule has 4 N–H and O–H groups in total. The van der Waals surface area contributed by atoms with E-state index >= 15 is 0 Å². The number of methoxy groups -OCH3 is 2. The fraction of sp³-hybridized carbons (Fsp3) is 0.308. The minimum Gasteiger partial charge on any atom is -0.497 e. The summed E-state index contributed by atoms with van der Waals surface area (Å²) in [4.78, 5) is 25.2. The Balaban J connectivity index is 1.48. The van der Waals surface area contributed by atoms with Crippen LogP contribution in [0.1, 0.15) is 26.3 Å². The van der Waals surface area contributed by atoms with Crippen LogP contribution in [0.4, 0.5) is 16.3 Å². The highest BCUT2D eigenvalue weighted by molar-refractivity contribution is 7.99. The van der Waals surface area contributed by atoms with Gasteiger partial charge < -0.3 is 24.9 Å². The Morgan fingerprint density at radius 3 is 2.57 bits per heavy atom. The van der Waals surface area contributed by atoms with Crippen LogP contribution < -0.4 is 25.1 Å². The topological polar surface area (TPSA) is 128 Å². The second-order valence-electron chi connectivity index (χ2n) is 9.26. The molecule has 2 heterocycles. The molecule has 0 aliphatic heterocycles. The van der Waals surface area contributed by atoms with Crippen LogP contribution in [0.25, 0.3) is 11.2 Å². The number of fused-ring (bicyclic) bond motifs is 1. The Morgan fingerprint density at radius 1 is 1.14 bits per heavy atom. The lowest BCUT2D eigenvalue weighted by Gasteiger charge is -2.19. The number of hydrogen-bond acceptors (Lipinski definition) is 8. The van der Waals surface area contributed by atoms with E-state index in [1.165, 1.54) is 11.8 Å². The third-order valence-electron chi connectivity index (χ3n) is 5.35. The van der Waals surface area contributed by atoms with Gasteiger partial charge in [0.05, 0.1) is 25.7 Å². The molecule has 0 bridgehead atoms. The molecule has 4 aromatic rings. The summed E-state index contributed by atoms with van der Waals surface area (Å²) < 4.78 is 18.1. The quantitative estimate of drug-likeness (QED) is 0.286. The largest absolute Gasteiger partial charge is 0.497 e. The van der Waals surface area contributed by atoms with Gasteiger partial charge in [-0.1, -0.05) is 22.1 Å². The highest BCUT2D eigenvalue weighted by atomic mass is 32.2. The molecule has 11 heteroatoms. The van der Waals surface area contributed by atoms with Crippen LogP contribution in [0.5, 0.6) is 11.5 Å². The standard InChI is InChI=1S/C26H30N6O4S/c1-26(2,3)36-25(33)29-17-8-6-16(7-9-17)12-13-32-15-28-22(27)21-23(32)31-24(30-21)37-20-14-18(34-4)10-11-19(20)35-5/h6-11,14-15H,12-13H2,1-5H3,(H3,27,29,30,31,33)/p+1. The number of nitrogens with zero attached hydrogens (tertiary/aromatic N) is 3. The second-order valence-corrected chi connectivity index (χ2v) is 10.3. The molecule has 2 aromatic carbocycles. The molecule has 0 spiro atoms. The zero-order valence-electron chi connectivity index (χ0n) is 21.5. The van der Waals surface area contributed by atoms with Crippen LogP contribution in [0.2, 0.25) is 0 Å². The number of rotatable bonds is 8. The van der Waals surface area contributed by atoms with Gasteiger partial charge in [0, 0.05) is 12.1 Å². The van der Waals surface area contributed by atoms with Gasteiger partial charge in [-0.2, -0.15) is 0 Å². The number of ether oxygens (including phenoxy) is 3. The molecule has 0 aliphatic carbocycles. The number of nitrogens with one attached hydrogen (secondary N) is 2. The first kappa shape index (κ1) is 26.1. The number of carbonyl (C=O) groups excluding carboxylic acids is 1. The van der Waals surface area contributed by atoms with Crippen molar-refractivity contribution in [1.29, 1.82) is 0 Å². The van der Waals surface area contributed by atoms with Gasteiger partial charge in [-0.3, -0.25) is 5.32 Å². The van der Waals surface area contributed by atoms with Gasteiger partial charge in [-0.25, -0.2) is 9.36 Å². The summed E-state index contributed by atoms with van der Waals surface area (Å²) in [5.74, 6) is 1.82. The molecular weight excluding hydrogens is 492 g/mol. The Morgan fingerprint density at radius 2 is 1.89 bits per heavy atom. The number of carbonyl (C=O) groups is 1. The van der Waals surface area contributed by atoms with Crippen LogP contribution >= 0.6 is 11.8 Å². The molecule has 0 unspecified atom stereocenters. The van der Waals surface area contributed by atoms with Crippen LogP contribution in [0.15, 0.2) is 58.8 Å². The molecule has 1 amide bonds. The normalized spacial score (nSPS) is 11.4. The second kappa shape index (κ2) is 11.0. The molecule has 10 nitrogen and oxygen atoms in total. The number of H-pyrrole nitrogens is 1. The first-order chi connectivity index (χ1) is 17.6. The van der Waals surface area contributed by atoms with E-state index in [0.29, 0.717) is 34.4 Å². The summed E-state index contributed by atoms with van der Waals surface area (Å²) in [6.07, 6.45) is 1.94. The van der Waals surface area contributed by atoms with E-state index in [0.717, 1.165) is 28.4 Å². The molecule has 2 aromatic heterocycles. The minimum atomic E-state index is -0.551. The summed E-state index contributed by atoms with van der Waals surface area (Å²) in [7, 11) is 3.25. The van der Waals surface area contributed by atoms with Gasteiger partial charge >= 0.3 is 6.09 Å². The van der Waals surface area contributed by atoms with Gasteiger partial charge in [0.2, 0.25) is 17.3 Å². The predicted molar refractivity (Wildman–Crippen MR) is 142 cm³/mol. The van der Waals surface area contributed by atoms with Crippen LogP contribution in [-0.4, -0.2) is 40.9 Å². The lowest BCUT2D eigenvalue weighted by Crippen LogP contribution is -2.36. The van der Waals surface area contributed by atoms with E-state index < -0.39 is 11.7 Å². The number of imidazole rings is 1. The van der Waals surface area contributed by atoms with Crippen LogP contribution in [-0.2, 0) is 17.7 Å². The fourth-order valence-electron chi connectivity index (χ4n) is 3.59. The number of aromatic amines is 1. The monoisotopic (exact) mass is 523 g/mol. The number of anilines is 2. The van der Waals surface area contributed by atoms with Crippen LogP contribution in [0, 0.1) is 0 Å². The van der Waals surface area contributed by atoms with E-state index in [1.807, 2.05) is 67.8 Å². The summed E-state index contributed by atoms with van der Waals surface area (Å²) >= 11 is 1.42. The smallest absolute Gasteiger partial charge is 0.412 e. The summed E-state index contributed by atoms with van der Waals surface area (Å²) in [5.41, 5.74) is 8.73. The maximum atomic E-state index is 12.0. The van der Waals surface area contributed by atoms with Crippen molar-refractivity contribution < 1.29 is 23.6 Å². The van der Waals surface area contributed by atoms with Gasteiger partial charge in [-0.15, -0.1) is 0 Å². The van der Waals surface area contributed by atoms with E-state index in [1.54, 1.807) is 20.5 Å². The van der Waals surface area contributed by atoms with E-state index in [2.05, 4.69) is 15.3 Å². The summed E-state index contributed by atoms with van der Waals surface area (Å²) in [6.45, 7) is 6.12. The third-order valence-corrected chi connectivity index (χ3v) is 6.27. The molecule has 0 fully saturated rings. The number of hydrogen-bond donors (Lipinski definition) is 3. The molecule has 4 rings (SSSR count). The SMILES string of the molecule is COc1ccc(OC)c(Sc2nc3c([nH]2)c(N)nc[n+]3CCc2ccc(NC(=O)OC(C)(C)C)cc2)c1. The molecule has 0 radical (unpaired) electrons. The van der Waals surface area contributed by atoms with E-state index in [-0.39, 0.29) is 0 Å². The van der Waals surface area contributed by atoms with Crippen molar-refractivity contribution in [2.45, 2.75) is 49.4 Å². The van der Waals surface area contributed by atoms with Gasteiger partial charge in [-0.05, 0) is 68.4 Å².